The maximum Gasteiger partial charge on any atom is 0.248 e. The fraction of sp³-hybridized carbons (Fsp3) is 0.571. The summed E-state index contributed by atoms with van der Waals surface area (Å²) < 4.78 is 11.0. The minimum absolute atomic E-state index is 0.0614. The summed E-state index contributed by atoms with van der Waals surface area (Å²) in [5.41, 5.74) is 2.83. The molecule has 3 N–H and O–H groups in total. The number of rotatable bonds is 11. The smallest absolute Gasteiger partial charge is 0.248 e. The summed E-state index contributed by atoms with van der Waals surface area (Å²) in [7, 11) is 1.60. The van der Waals surface area contributed by atoms with Crippen molar-refractivity contribution in [2.45, 2.75) is 83.0 Å². The van der Waals surface area contributed by atoms with Crippen molar-refractivity contribution in [3.8, 4) is 5.75 Å². The van der Waals surface area contributed by atoms with Crippen LogP contribution in [0.2, 0.25) is 5.02 Å². The van der Waals surface area contributed by atoms with Gasteiger partial charge in [0.25, 0.3) is 0 Å². The molecule has 0 bridgehead atoms. The van der Waals surface area contributed by atoms with Crippen molar-refractivity contribution in [1.82, 2.24) is 15.1 Å². The highest BCUT2D eigenvalue weighted by Gasteiger charge is 2.55. The fourth-order valence-corrected chi connectivity index (χ4v) is 7.30. The van der Waals surface area contributed by atoms with Crippen molar-refractivity contribution in [2.75, 3.05) is 45.3 Å². The Hall–Kier alpha value is -3.18. The lowest BCUT2D eigenvalue weighted by Gasteiger charge is -2.52. The van der Waals surface area contributed by atoms with E-state index in [-0.39, 0.29) is 23.6 Å². The van der Waals surface area contributed by atoms with Gasteiger partial charge in [0.2, 0.25) is 17.7 Å². The van der Waals surface area contributed by atoms with Crippen molar-refractivity contribution >= 4 is 35.0 Å². The molecule has 11 heteroatoms. The van der Waals surface area contributed by atoms with E-state index in [1.165, 1.54) is 6.92 Å². The summed E-state index contributed by atoms with van der Waals surface area (Å²) in [4.78, 5) is 43.3. The van der Waals surface area contributed by atoms with Crippen LogP contribution in [0.15, 0.2) is 36.4 Å². The highest BCUT2D eigenvalue weighted by atomic mass is 35.5. The van der Waals surface area contributed by atoms with Gasteiger partial charge in [0.05, 0.1) is 23.9 Å². The Morgan fingerprint density at radius 1 is 1.15 bits per heavy atom. The van der Waals surface area contributed by atoms with Gasteiger partial charge in [0.1, 0.15) is 17.3 Å². The summed E-state index contributed by atoms with van der Waals surface area (Å²) in [6, 6.07) is 11.1. The van der Waals surface area contributed by atoms with Gasteiger partial charge < -0.3 is 30.1 Å². The Morgan fingerprint density at radius 2 is 1.83 bits per heavy atom. The quantitative estimate of drug-likeness (QED) is 0.333. The van der Waals surface area contributed by atoms with Crippen LogP contribution in [0.25, 0.3) is 0 Å². The first-order chi connectivity index (χ1) is 22.1. The van der Waals surface area contributed by atoms with Gasteiger partial charge in [-0.2, -0.15) is 0 Å². The number of piperidine rings is 1. The van der Waals surface area contributed by atoms with Gasteiger partial charge in [-0.05, 0) is 55.2 Å². The lowest BCUT2D eigenvalue weighted by molar-refractivity contribution is -0.166. The predicted octanol–water partition coefficient (Wildman–Crippen LogP) is 4.15. The van der Waals surface area contributed by atoms with Gasteiger partial charge in [-0.15, -0.1) is 0 Å². The van der Waals surface area contributed by atoms with E-state index in [0.29, 0.717) is 81.4 Å². The number of ether oxygens (including phenoxy) is 2. The molecule has 0 saturated carbocycles. The van der Waals surface area contributed by atoms with Crippen molar-refractivity contribution in [3.63, 3.8) is 0 Å². The van der Waals surface area contributed by atoms with Crippen LogP contribution in [-0.2, 0) is 32.1 Å². The number of benzene rings is 2. The molecule has 2 aromatic carbocycles. The van der Waals surface area contributed by atoms with Crippen molar-refractivity contribution in [2.24, 2.45) is 5.92 Å². The molecule has 10 nitrogen and oxygen atoms in total. The SMILES string of the molecule is CCCCN1C(=O)[C@@H]([C@H](O)C2CCOCC2)NC(=O)C12CCN(Cc1ccc(Cc3cc(Cl)c(NC(C)=O)cc3OC)cc1)CC2. The summed E-state index contributed by atoms with van der Waals surface area (Å²) in [5.74, 6) is 0.105. The van der Waals surface area contributed by atoms with E-state index in [0.717, 1.165) is 36.1 Å². The molecule has 3 fully saturated rings. The Kier molecular flexibility index (Phi) is 11.3. The third kappa shape index (κ3) is 7.51. The van der Waals surface area contributed by atoms with Crippen LogP contribution in [0.4, 0.5) is 5.69 Å². The van der Waals surface area contributed by atoms with Gasteiger partial charge in [0, 0.05) is 64.4 Å². The van der Waals surface area contributed by atoms with Crippen LogP contribution < -0.4 is 15.4 Å². The average molecular weight is 655 g/mol. The standard InChI is InChI=1S/C35H47ClN4O6/c1-4-5-14-40-33(43)31(32(42)26-10-17-46-18-11-26)38-34(44)35(40)12-15-39(16-13-35)22-25-8-6-24(7-9-25)19-27-20-28(36)29(37-23(2)41)21-30(27)45-3/h6-9,20-21,26,31-32,42H,4-5,10-19,22H2,1-3H3,(H,37,41)(H,38,44)/t31-,32-/m1/s1. The van der Waals surface area contributed by atoms with Crippen molar-refractivity contribution < 1.29 is 29.0 Å². The number of likely N-dealkylation sites (tertiary alicyclic amines) is 1. The van der Waals surface area contributed by atoms with Crippen LogP contribution in [0.1, 0.15) is 69.1 Å². The van der Waals surface area contributed by atoms with Gasteiger partial charge in [-0.3, -0.25) is 19.3 Å². The number of carbonyl (C=O) groups excluding carboxylic acids is 3. The lowest BCUT2D eigenvalue weighted by atomic mass is 9.79. The molecule has 250 valence electrons. The number of unbranched alkanes of at least 4 members (excludes halogenated alkanes) is 1. The van der Waals surface area contributed by atoms with Gasteiger partial charge >= 0.3 is 0 Å². The second kappa shape index (κ2) is 15.2. The number of halogens is 1. The van der Waals surface area contributed by atoms with Crippen molar-refractivity contribution in [1.29, 1.82) is 0 Å². The van der Waals surface area contributed by atoms with Gasteiger partial charge in [-0.1, -0.05) is 49.2 Å². The Balaban J connectivity index is 1.21. The molecule has 2 atom stereocenters. The molecule has 3 amide bonds. The van der Waals surface area contributed by atoms with Crippen LogP contribution in [0, 0.1) is 5.92 Å². The molecule has 3 aliphatic rings. The minimum Gasteiger partial charge on any atom is -0.496 e. The summed E-state index contributed by atoms with van der Waals surface area (Å²) >= 11 is 6.42. The molecule has 2 aromatic rings. The van der Waals surface area contributed by atoms with E-state index in [1.807, 2.05) is 6.07 Å². The molecule has 0 aliphatic carbocycles. The zero-order valence-corrected chi connectivity index (χ0v) is 27.9. The number of aliphatic hydroxyl groups is 1. The van der Waals surface area contributed by atoms with E-state index in [4.69, 9.17) is 21.1 Å². The molecule has 3 saturated heterocycles. The van der Waals surface area contributed by atoms with E-state index < -0.39 is 17.7 Å². The number of aliphatic hydroxyl groups excluding tert-OH is 1. The highest BCUT2D eigenvalue weighted by Crippen LogP contribution is 2.36. The minimum atomic E-state index is -0.911. The highest BCUT2D eigenvalue weighted by molar-refractivity contribution is 6.33. The third-order valence-corrected chi connectivity index (χ3v) is 10.1. The molecule has 1 spiro atoms. The molecule has 0 aromatic heterocycles. The van der Waals surface area contributed by atoms with E-state index in [9.17, 15) is 19.5 Å². The van der Waals surface area contributed by atoms with E-state index in [2.05, 4.69) is 46.7 Å². The summed E-state index contributed by atoms with van der Waals surface area (Å²) in [6.07, 6.45) is 3.93. The number of piperazine rings is 1. The van der Waals surface area contributed by atoms with Crippen LogP contribution in [0.3, 0.4) is 0 Å². The summed E-state index contributed by atoms with van der Waals surface area (Å²) in [5, 5.41) is 17.3. The molecule has 0 radical (unpaired) electrons. The van der Waals surface area contributed by atoms with Gasteiger partial charge in [-0.25, -0.2) is 0 Å². The average Bonchev–Trinajstić information content (AvgIpc) is 3.05. The largest absolute Gasteiger partial charge is 0.496 e. The fourth-order valence-electron chi connectivity index (χ4n) is 7.07. The number of anilines is 1. The number of methoxy groups -OCH3 is 1. The first kappa shape index (κ1) is 34.2. The molecular weight excluding hydrogens is 608 g/mol. The topological polar surface area (TPSA) is 120 Å². The third-order valence-electron chi connectivity index (χ3n) is 9.77. The molecule has 3 aliphatic heterocycles. The summed E-state index contributed by atoms with van der Waals surface area (Å²) in [6.45, 7) is 7.29. The van der Waals surface area contributed by atoms with E-state index >= 15 is 0 Å². The second-order valence-electron chi connectivity index (χ2n) is 12.9. The second-order valence-corrected chi connectivity index (χ2v) is 13.3. The molecular formula is C35H47ClN4O6. The van der Waals surface area contributed by atoms with Crippen LogP contribution in [0.5, 0.6) is 5.75 Å². The zero-order chi connectivity index (χ0) is 32.8. The Morgan fingerprint density at radius 3 is 2.46 bits per heavy atom. The Labute approximate surface area is 276 Å². The number of amides is 3. The van der Waals surface area contributed by atoms with Crippen molar-refractivity contribution in [3.05, 3.63) is 58.1 Å². The molecule has 5 rings (SSSR count). The molecule has 46 heavy (non-hydrogen) atoms. The van der Waals surface area contributed by atoms with E-state index in [1.54, 1.807) is 18.1 Å². The maximum absolute atomic E-state index is 13.9. The lowest BCUT2D eigenvalue weighted by Crippen LogP contribution is -2.75. The number of nitrogens with zero attached hydrogens (tertiary/aromatic N) is 2. The molecule has 0 unspecified atom stereocenters. The predicted molar refractivity (Wildman–Crippen MR) is 177 cm³/mol. The monoisotopic (exact) mass is 654 g/mol. The zero-order valence-electron chi connectivity index (χ0n) is 27.1. The van der Waals surface area contributed by atoms with Crippen LogP contribution in [-0.4, -0.2) is 90.3 Å². The first-order valence-electron chi connectivity index (χ1n) is 16.5. The number of nitrogens with one attached hydrogen (secondary N) is 2. The number of hydrogen-bond acceptors (Lipinski definition) is 7. The number of hydrogen-bond donors (Lipinski definition) is 3. The Bertz CT molecular complexity index is 1390. The number of carbonyl (C=O) groups is 3. The normalized spacial score (nSPS) is 21.2. The molecule has 3 heterocycles. The first-order valence-corrected chi connectivity index (χ1v) is 16.9. The maximum atomic E-state index is 13.9. The van der Waals surface area contributed by atoms with Crippen LogP contribution >= 0.6 is 11.6 Å². The van der Waals surface area contributed by atoms with Gasteiger partial charge in [0.15, 0.2) is 0 Å².